The van der Waals surface area contributed by atoms with Gasteiger partial charge in [0.05, 0.1) is 11.7 Å². The molecule has 3 aromatic rings. The first-order valence-corrected chi connectivity index (χ1v) is 9.14. The van der Waals surface area contributed by atoms with E-state index in [4.69, 9.17) is 0 Å². The van der Waals surface area contributed by atoms with Gasteiger partial charge in [0.1, 0.15) is 11.3 Å². The molecule has 0 unspecified atom stereocenters. The summed E-state index contributed by atoms with van der Waals surface area (Å²) in [5, 5.41) is 3.57. The summed E-state index contributed by atoms with van der Waals surface area (Å²) >= 11 is 0. The topological polar surface area (TPSA) is 63.6 Å². The van der Waals surface area contributed by atoms with Crippen LogP contribution in [-0.2, 0) is 0 Å². The van der Waals surface area contributed by atoms with Crippen molar-refractivity contribution >= 4 is 16.9 Å². The molecule has 0 saturated heterocycles. The lowest BCUT2D eigenvalue weighted by molar-refractivity contribution is 0.608. The van der Waals surface area contributed by atoms with Gasteiger partial charge >= 0.3 is 0 Å². The Kier molecular flexibility index (Phi) is 3.89. The molecule has 0 saturated carbocycles. The molecule has 2 aliphatic carbocycles. The van der Waals surface area contributed by atoms with Gasteiger partial charge in [-0.2, -0.15) is 0 Å². The van der Waals surface area contributed by atoms with Gasteiger partial charge in [0.15, 0.2) is 11.6 Å². The standard InChI is InChI=1S/C21H18FN5/c22-16-9-15(11-23-12-16)20-26-18-5-2-8-24-19(18)21(27-20)25-17-7-6-13-3-1-4-14(13)10-17/h1-2,4-5,8-9,11-12,17H,3,6-7,10H2,(H,25,26,27)/t17-/m0/s1. The third kappa shape index (κ3) is 3.07. The van der Waals surface area contributed by atoms with Crippen LogP contribution in [-0.4, -0.2) is 26.0 Å². The quantitative estimate of drug-likeness (QED) is 0.749. The van der Waals surface area contributed by atoms with E-state index in [1.807, 2.05) is 12.1 Å². The molecule has 0 radical (unpaired) electrons. The molecule has 5 nitrogen and oxygen atoms in total. The van der Waals surface area contributed by atoms with Crippen LogP contribution in [0.15, 0.2) is 60.1 Å². The van der Waals surface area contributed by atoms with E-state index < -0.39 is 5.82 Å². The molecule has 1 N–H and O–H groups in total. The first kappa shape index (κ1) is 16.1. The van der Waals surface area contributed by atoms with Crippen molar-refractivity contribution in [1.29, 1.82) is 0 Å². The Morgan fingerprint density at radius 2 is 2.15 bits per heavy atom. The normalized spacial score (nSPS) is 18.8. The Labute approximate surface area is 156 Å². The largest absolute Gasteiger partial charge is 0.365 e. The number of halogens is 1. The highest BCUT2D eigenvalue weighted by atomic mass is 19.1. The summed E-state index contributed by atoms with van der Waals surface area (Å²) in [4.78, 5) is 17.6. The van der Waals surface area contributed by atoms with Crippen LogP contribution in [0.1, 0.15) is 25.7 Å². The summed E-state index contributed by atoms with van der Waals surface area (Å²) in [5.41, 5.74) is 5.01. The molecule has 3 aromatic heterocycles. The van der Waals surface area contributed by atoms with Crippen molar-refractivity contribution < 1.29 is 4.39 Å². The minimum Gasteiger partial charge on any atom is -0.365 e. The first-order chi connectivity index (χ1) is 13.3. The van der Waals surface area contributed by atoms with Crippen LogP contribution in [0.25, 0.3) is 22.4 Å². The molecule has 0 fully saturated rings. The molecule has 134 valence electrons. The summed E-state index contributed by atoms with van der Waals surface area (Å²) in [6.07, 6.45) is 13.2. The van der Waals surface area contributed by atoms with E-state index in [-0.39, 0.29) is 0 Å². The fourth-order valence-corrected chi connectivity index (χ4v) is 3.83. The lowest BCUT2D eigenvalue weighted by Gasteiger charge is -2.25. The number of fused-ring (bicyclic) bond motifs is 1. The van der Waals surface area contributed by atoms with Crippen LogP contribution < -0.4 is 5.32 Å². The monoisotopic (exact) mass is 359 g/mol. The van der Waals surface area contributed by atoms with Gasteiger partial charge in [0.2, 0.25) is 0 Å². The third-order valence-electron chi connectivity index (χ3n) is 5.16. The molecule has 0 bridgehead atoms. The maximum atomic E-state index is 13.6. The van der Waals surface area contributed by atoms with E-state index >= 15 is 0 Å². The second-order valence-corrected chi connectivity index (χ2v) is 6.98. The van der Waals surface area contributed by atoms with Crippen LogP contribution in [0.5, 0.6) is 0 Å². The molecule has 3 heterocycles. The van der Waals surface area contributed by atoms with E-state index in [0.29, 0.717) is 23.2 Å². The second-order valence-electron chi connectivity index (χ2n) is 6.98. The molecule has 0 aliphatic heterocycles. The number of nitrogens with one attached hydrogen (secondary N) is 1. The number of pyridine rings is 2. The Hall–Kier alpha value is -3.15. The van der Waals surface area contributed by atoms with Crippen LogP contribution >= 0.6 is 0 Å². The molecule has 1 atom stereocenters. The highest BCUT2D eigenvalue weighted by Crippen LogP contribution is 2.34. The Morgan fingerprint density at radius 1 is 1.19 bits per heavy atom. The van der Waals surface area contributed by atoms with Gasteiger partial charge in [-0.3, -0.25) is 9.97 Å². The molecule has 0 spiro atoms. The summed E-state index contributed by atoms with van der Waals surface area (Å²) in [6.45, 7) is 0. The molecule has 27 heavy (non-hydrogen) atoms. The Balaban J connectivity index is 1.53. The average molecular weight is 359 g/mol. The smallest absolute Gasteiger partial charge is 0.163 e. The number of anilines is 1. The number of hydrogen-bond acceptors (Lipinski definition) is 5. The Bertz CT molecular complexity index is 1090. The number of allylic oxidation sites excluding steroid dienone is 3. The van der Waals surface area contributed by atoms with E-state index in [2.05, 4.69) is 37.4 Å². The summed E-state index contributed by atoms with van der Waals surface area (Å²) in [5.74, 6) is 0.731. The van der Waals surface area contributed by atoms with Crippen LogP contribution in [0.3, 0.4) is 0 Å². The summed E-state index contributed by atoms with van der Waals surface area (Å²) in [6, 6.07) is 5.43. The van der Waals surface area contributed by atoms with Crippen molar-refractivity contribution in [3.8, 4) is 11.4 Å². The van der Waals surface area contributed by atoms with Gasteiger partial charge in [0.25, 0.3) is 0 Å². The van der Waals surface area contributed by atoms with Crippen molar-refractivity contribution in [1.82, 2.24) is 19.9 Å². The fourth-order valence-electron chi connectivity index (χ4n) is 3.83. The fraction of sp³-hybridized carbons (Fsp3) is 0.238. The van der Waals surface area contributed by atoms with Gasteiger partial charge in [-0.05, 0) is 49.5 Å². The molecular weight excluding hydrogens is 341 g/mol. The molecule has 2 aliphatic rings. The third-order valence-corrected chi connectivity index (χ3v) is 5.16. The predicted molar refractivity (Wildman–Crippen MR) is 103 cm³/mol. The number of aromatic nitrogens is 4. The minimum absolute atomic E-state index is 0.296. The van der Waals surface area contributed by atoms with Crippen molar-refractivity contribution in [2.75, 3.05) is 5.32 Å². The van der Waals surface area contributed by atoms with E-state index in [1.54, 1.807) is 18.0 Å². The summed E-state index contributed by atoms with van der Waals surface area (Å²) < 4.78 is 13.6. The maximum Gasteiger partial charge on any atom is 0.163 e. The van der Waals surface area contributed by atoms with Gasteiger partial charge < -0.3 is 5.32 Å². The predicted octanol–water partition coefficient (Wildman–Crippen LogP) is 4.45. The van der Waals surface area contributed by atoms with Gasteiger partial charge in [-0.15, -0.1) is 0 Å². The van der Waals surface area contributed by atoms with Gasteiger partial charge in [-0.25, -0.2) is 14.4 Å². The van der Waals surface area contributed by atoms with Crippen molar-refractivity contribution in [2.45, 2.75) is 31.7 Å². The maximum absolute atomic E-state index is 13.6. The molecule has 0 aromatic carbocycles. The van der Waals surface area contributed by atoms with Crippen LogP contribution in [0, 0.1) is 5.82 Å². The molecule has 5 rings (SSSR count). The highest BCUT2D eigenvalue weighted by molar-refractivity contribution is 5.86. The second kappa shape index (κ2) is 6.54. The van der Waals surface area contributed by atoms with Crippen LogP contribution in [0.2, 0.25) is 0 Å². The van der Waals surface area contributed by atoms with E-state index in [9.17, 15) is 4.39 Å². The molecule has 0 amide bonds. The van der Waals surface area contributed by atoms with Gasteiger partial charge in [0, 0.05) is 24.0 Å². The minimum atomic E-state index is -0.406. The van der Waals surface area contributed by atoms with E-state index in [1.165, 1.54) is 17.8 Å². The first-order valence-electron chi connectivity index (χ1n) is 9.14. The van der Waals surface area contributed by atoms with Crippen molar-refractivity contribution in [3.05, 3.63) is 65.9 Å². The lowest BCUT2D eigenvalue weighted by Crippen LogP contribution is -2.24. The Morgan fingerprint density at radius 3 is 3.07 bits per heavy atom. The molecule has 6 heteroatoms. The SMILES string of the molecule is Fc1cncc(-c2nc(N[C@H]3CCC4=C(C=CC4)C3)c3ncccc3n2)c1. The zero-order chi connectivity index (χ0) is 18.2. The molecular formula is C21H18FN5. The van der Waals surface area contributed by atoms with E-state index in [0.717, 1.165) is 36.7 Å². The number of nitrogens with zero attached hydrogens (tertiary/aromatic N) is 4. The summed E-state index contributed by atoms with van der Waals surface area (Å²) in [7, 11) is 0. The average Bonchev–Trinajstić information content (AvgIpc) is 3.16. The zero-order valence-electron chi connectivity index (χ0n) is 14.7. The zero-order valence-corrected chi connectivity index (χ0v) is 14.7. The number of hydrogen-bond donors (Lipinski definition) is 1. The van der Waals surface area contributed by atoms with Crippen LogP contribution in [0.4, 0.5) is 10.2 Å². The van der Waals surface area contributed by atoms with Crippen molar-refractivity contribution in [2.24, 2.45) is 0 Å². The van der Waals surface area contributed by atoms with Gasteiger partial charge in [-0.1, -0.05) is 17.7 Å². The highest BCUT2D eigenvalue weighted by Gasteiger charge is 2.23. The lowest BCUT2D eigenvalue weighted by atomic mass is 9.90. The number of rotatable bonds is 3. The van der Waals surface area contributed by atoms with Crippen molar-refractivity contribution in [3.63, 3.8) is 0 Å².